The van der Waals surface area contributed by atoms with Crippen molar-refractivity contribution in [3.63, 3.8) is 0 Å². The normalized spacial score (nSPS) is 13.8. The summed E-state index contributed by atoms with van der Waals surface area (Å²) in [6.45, 7) is 3.04. The smallest absolute Gasteiger partial charge is 0.125 e. The molecule has 2 nitrogen and oxygen atoms in total. The molecule has 1 aliphatic carbocycles. The molecule has 0 amide bonds. The number of rotatable bonds is 8. The summed E-state index contributed by atoms with van der Waals surface area (Å²) in [6, 6.07) is 8.30. The number of benzene rings is 1. The molecule has 0 bridgehead atoms. The quantitative estimate of drug-likeness (QED) is 0.480. The summed E-state index contributed by atoms with van der Waals surface area (Å²) >= 11 is 0. The van der Waals surface area contributed by atoms with Crippen molar-refractivity contribution in [1.82, 2.24) is 0 Å². The molecule has 0 aromatic heterocycles. The highest BCUT2D eigenvalue weighted by molar-refractivity contribution is 5.64. The number of allylic oxidation sites excluding steroid dienone is 1. The van der Waals surface area contributed by atoms with E-state index in [0.29, 0.717) is 0 Å². The average molecular weight is 274 g/mol. The van der Waals surface area contributed by atoms with Gasteiger partial charge < -0.3 is 9.47 Å². The summed E-state index contributed by atoms with van der Waals surface area (Å²) in [4.78, 5) is 0. The van der Waals surface area contributed by atoms with Gasteiger partial charge in [-0.3, -0.25) is 0 Å². The van der Waals surface area contributed by atoms with Crippen LogP contribution < -0.4 is 4.74 Å². The maximum Gasteiger partial charge on any atom is 0.125 e. The van der Waals surface area contributed by atoms with Crippen molar-refractivity contribution >= 4 is 5.76 Å². The molecule has 0 saturated heterocycles. The van der Waals surface area contributed by atoms with Gasteiger partial charge in [0.1, 0.15) is 11.5 Å². The van der Waals surface area contributed by atoms with Crippen molar-refractivity contribution in [3.05, 3.63) is 35.4 Å². The molecule has 0 radical (unpaired) electrons. The minimum Gasteiger partial charge on any atom is -0.496 e. The maximum atomic E-state index is 5.76. The fraction of sp³-hybridized carbons (Fsp3) is 0.556. The molecule has 20 heavy (non-hydrogen) atoms. The van der Waals surface area contributed by atoms with E-state index in [1.54, 1.807) is 7.11 Å². The van der Waals surface area contributed by atoms with E-state index in [2.05, 4.69) is 19.1 Å². The molecule has 1 aromatic rings. The summed E-state index contributed by atoms with van der Waals surface area (Å²) in [5.41, 5.74) is 2.61. The van der Waals surface area contributed by atoms with Gasteiger partial charge in [-0.25, -0.2) is 0 Å². The number of methoxy groups -OCH3 is 1. The molecule has 110 valence electrons. The fourth-order valence-corrected chi connectivity index (χ4v) is 2.47. The van der Waals surface area contributed by atoms with Gasteiger partial charge in [0.15, 0.2) is 0 Å². The van der Waals surface area contributed by atoms with E-state index in [0.717, 1.165) is 24.5 Å². The number of ether oxygens (including phenoxy) is 2. The van der Waals surface area contributed by atoms with E-state index < -0.39 is 0 Å². The van der Waals surface area contributed by atoms with Crippen LogP contribution in [0, 0.1) is 0 Å². The Balaban J connectivity index is 1.86. The molecular weight excluding hydrogens is 248 g/mol. The molecule has 1 saturated carbocycles. The molecule has 0 heterocycles. The maximum absolute atomic E-state index is 5.76. The zero-order valence-electron chi connectivity index (χ0n) is 12.8. The van der Waals surface area contributed by atoms with Crippen molar-refractivity contribution in [3.8, 4) is 5.75 Å². The van der Waals surface area contributed by atoms with E-state index in [9.17, 15) is 0 Å². The highest BCUT2D eigenvalue weighted by Gasteiger charge is 2.16. The Morgan fingerprint density at radius 1 is 1.05 bits per heavy atom. The van der Waals surface area contributed by atoms with Gasteiger partial charge in [0, 0.05) is 5.56 Å². The average Bonchev–Trinajstić information content (AvgIpc) is 2.43. The lowest BCUT2D eigenvalue weighted by molar-refractivity contribution is 0.305. The highest BCUT2D eigenvalue weighted by atomic mass is 16.5. The second-order valence-electron chi connectivity index (χ2n) is 5.42. The molecule has 0 N–H and O–H groups in total. The predicted molar refractivity (Wildman–Crippen MR) is 83.9 cm³/mol. The lowest BCUT2D eigenvalue weighted by Crippen LogP contribution is -2.03. The molecule has 2 heteroatoms. The first-order valence-corrected chi connectivity index (χ1v) is 7.84. The molecule has 1 fully saturated rings. The molecule has 1 aliphatic rings. The second-order valence-corrected chi connectivity index (χ2v) is 5.42. The summed E-state index contributed by atoms with van der Waals surface area (Å²) in [7, 11) is 1.76. The van der Waals surface area contributed by atoms with Crippen LogP contribution in [0.2, 0.25) is 0 Å². The van der Waals surface area contributed by atoms with Crippen LogP contribution in [0.4, 0.5) is 0 Å². The monoisotopic (exact) mass is 274 g/mol. The second kappa shape index (κ2) is 7.98. The fourth-order valence-electron chi connectivity index (χ4n) is 2.47. The molecule has 2 rings (SSSR count). The van der Waals surface area contributed by atoms with Crippen molar-refractivity contribution in [2.24, 2.45) is 0 Å². The van der Waals surface area contributed by atoms with Gasteiger partial charge >= 0.3 is 0 Å². The third-order valence-corrected chi connectivity index (χ3v) is 3.87. The van der Waals surface area contributed by atoms with Crippen molar-refractivity contribution in [2.45, 2.75) is 51.9 Å². The molecule has 0 aliphatic heterocycles. The predicted octanol–water partition coefficient (Wildman–Crippen LogP) is 5.19. The van der Waals surface area contributed by atoms with E-state index in [1.165, 1.54) is 49.7 Å². The molecule has 0 unspecified atom stereocenters. The summed E-state index contributed by atoms with van der Waals surface area (Å²) in [5, 5.41) is 0. The topological polar surface area (TPSA) is 18.5 Å². The number of hydrogen-bond acceptors (Lipinski definition) is 2. The van der Waals surface area contributed by atoms with Crippen molar-refractivity contribution < 1.29 is 9.47 Å². The van der Waals surface area contributed by atoms with Crippen LogP contribution in [0.1, 0.15) is 57.4 Å². The van der Waals surface area contributed by atoms with E-state index in [4.69, 9.17) is 9.47 Å². The Hall–Kier alpha value is -1.44. The Morgan fingerprint density at radius 3 is 2.35 bits per heavy atom. The Labute approximate surface area is 122 Å². The van der Waals surface area contributed by atoms with Crippen LogP contribution in [0.5, 0.6) is 5.75 Å². The molecule has 0 atom stereocenters. The van der Waals surface area contributed by atoms with Crippen LogP contribution in [0.25, 0.3) is 5.76 Å². The van der Waals surface area contributed by atoms with E-state index in [-0.39, 0.29) is 0 Å². The van der Waals surface area contributed by atoms with E-state index in [1.807, 2.05) is 12.1 Å². The zero-order chi connectivity index (χ0) is 14.2. The van der Waals surface area contributed by atoms with Gasteiger partial charge in [0.05, 0.1) is 13.7 Å². The number of hydrogen-bond donors (Lipinski definition) is 0. The van der Waals surface area contributed by atoms with Gasteiger partial charge in [-0.15, -0.1) is 0 Å². The standard InChI is InChI=1S/C18H26O2/c1-3-4-5-6-14-20-17-12-10-16(11-13-17)18(19-2)15-8-7-9-15/h10-13H,3-9,14H2,1-2H3. The SMILES string of the molecule is CCCCCCOc1ccc(C(OC)=C2CCC2)cc1. The van der Waals surface area contributed by atoms with Crippen LogP contribution >= 0.6 is 0 Å². The third kappa shape index (κ3) is 4.03. The largest absolute Gasteiger partial charge is 0.496 e. The van der Waals surface area contributed by atoms with Crippen LogP contribution in [0.15, 0.2) is 29.8 Å². The Morgan fingerprint density at radius 2 is 1.80 bits per heavy atom. The minimum absolute atomic E-state index is 0.817. The molecular formula is C18H26O2. The minimum atomic E-state index is 0.817. The lowest BCUT2D eigenvalue weighted by atomic mass is 9.89. The molecule has 1 aromatic carbocycles. The third-order valence-electron chi connectivity index (χ3n) is 3.87. The van der Waals surface area contributed by atoms with Crippen LogP contribution in [-0.2, 0) is 4.74 Å². The van der Waals surface area contributed by atoms with Gasteiger partial charge in [-0.05, 0) is 55.5 Å². The Kier molecular flexibility index (Phi) is 5.97. The van der Waals surface area contributed by atoms with Crippen LogP contribution in [0.3, 0.4) is 0 Å². The van der Waals surface area contributed by atoms with Crippen molar-refractivity contribution in [1.29, 1.82) is 0 Å². The van der Waals surface area contributed by atoms with E-state index >= 15 is 0 Å². The first-order chi connectivity index (χ1) is 9.85. The first-order valence-electron chi connectivity index (χ1n) is 7.84. The van der Waals surface area contributed by atoms with Crippen LogP contribution in [-0.4, -0.2) is 13.7 Å². The lowest BCUT2D eigenvalue weighted by Gasteiger charge is -2.21. The summed E-state index contributed by atoms with van der Waals surface area (Å²) in [5.74, 6) is 2.02. The van der Waals surface area contributed by atoms with Gasteiger partial charge in [0.2, 0.25) is 0 Å². The zero-order valence-corrected chi connectivity index (χ0v) is 12.8. The Bertz CT molecular complexity index is 425. The van der Waals surface area contributed by atoms with Gasteiger partial charge in [-0.1, -0.05) is 26.2 Å². The number of unbranched alkanes of at least 4 members (excludes halogenated alkanes) is 3. The van der Waals surface area contributed by atoms with Gasteiger partial charge in [-0.2, -0.15) is 0 Å². The van der Waals surface area contributed by atoms with Gasteiger partial charge in [0.25, 0.3) is 0 Å². The van der Waals surface area contributed by atoms with Crippen molar-refractivity contribution in [2.75, 3.05) is 13.7 Å². The molecule has 0 spiro atoms. The first kappa shape index (κ1) is 15.0. The summed E-state index contributed by atoms with van der Waals surface area (Å²) < 4.78 is 11.3. The summed E-state index contributed by atoms with van der Waals surface area (Å²) in [6.07, 6.45) is 8.62. The highest BCUT2D eigenvalue weighted by Crippen LogP contribution is 2.34.